The van der Waals surface area contributed by atoms with Gasteiger partial charge in [-0.25, -0.2) is 9.78 Å². The minimum Gasteiger partial charge on any atom is -0.326 e. The first-order valence-electron chi connectivity index (χ1n) is 8.04. The molecule has 0 fully saturated rings. The van der Waals surface area contributed by atoms with E-state index in [-0.39, 0.29) is 11.5 Å². The van der Waals surface area contributed by atoms with E-state index in [0.29, 0.717) is 30.6 Å². The maximum absolute atomic E-state index is 12.4. The van der Waals surface area contributed by atoms with Gasteiger partial charge in [-0.3, -0.25) is 18.7 Å². The van der Waals surface area contributed by atoms with E-state index in [9.17, 15) is 14.4 Å². The maximum Gasteiger partial charge on any atom is 0.332 e. The van der Waals surface area contributed by atoms with Gasteiger partial charge in [0.2, 0.25) is 5.91 Å². The molecule has 0 aliphatic carbocycles. The number of aromatic nitrogens is 4. The van der Waals surface area contributed by atoms with Crippen LogP contribution in [0.5, 0.6) is 0 Å². The van der Waals surface area contributed by atoms with Crippen LogP contribution in [0.3, 0.4) is 0 Å². The smallest absolute Gasteiger partial charge is 0.326 e. The number of benzene rings is 1. The highest BCUT2D eigenvalue weighted by molar-refractivity contribution is 9.10. The van der Waals surface area contributed by atoms with Crippen molar-refractivity contribution in [2.24, 2.45) is 14.1 Å². The van der Waals surface area contributed by atoms with Gasteiger partial charge in [-0.05, 0) is 24.6 Å². The summed E-state index contributed by atoms with van der Waals surface area (Å²) in [4.78, 5) is 40.5. The van der Waals surface area contributed by atoms with Crippen LogP contribution in [0, 0.1) is 0 Å². The van der Waals surface area contributed by atoms with Crippen molar-refractivity contribution in [3.8, 4) is 0 Å². The lowest BCUT2D eigenvalue weighted by Gasteiger charge is -2.08. The SMILES string of the molecule is Cn1c(=O)c2c(ncn2CCCC(=O)Nc2cccc(Br)c2)n(C)c1=O. The highest BCUT2D eigenvalue weighted by atomic mass is 79.9. The molecule has 1 aromatic carbocycles. The van der Waals surface area contributed by atoms with E-state index in [2.05, 4.69) is 26.2 Å². The highest BCUT2D eigenvalue weighted by Crippen LogP contribution is 2.16. The summed E-state index contributed by atoms with van der Waals surface area (Å²) < 4.78 is 4.97. The Morgan fingerprint density at radius 1 is 1.23 bits per heavy atom. The minimum absolute atomic E-state index is 0.104. The average Bonchev–Trinajstić information content (AvgIpc) is 3.02. The van der Waals surface area contributed by atoms with Crippen LogP contribution in [0.25, 0.3) is 11.2 Å². The van der Waals surface area contributed by atoms with Gasteiger partial charge in [-0.2, -0.15) is 0 Å². The number of fused-ring (bicyclic) bond motifs is 1. The minimum atomic E-state index is -0.416. The zero-order chi connectivity index (χ0) is 18.8. The van der Waals surface area contributed by atoms with E-state index in [1.54, 1.807) is 11.6 Å². The van der Waals surface area contributed by atoms with Crippen molar-refractivity contribution in [2.75, 3.05) is 5.32 Å². The number of nitrogens with one attached hydrogen (secondary N) is 1. The first-order chi connectivity index (χ1) is 12.4. The van der Waals surface area contributed by atoms with Gasteiger partial charge in [-0.15, -0.1) is 0 Å². The van der Waals surface area contributed by atoms with Crippen molar-refractivity contribution < 1.29 is 4.79 Å². The molecule has 136 valence electrons. The molecule has 0 atom stereocenters. The Bertz CT molecular complexity index is 1100. The molecule has 0 spiro atoms. The molecule has 1 amide bonds. The van der Waals surface area contributed by atoms with Gasteiger partial charge in [0.1, 0.15) is 0 Å². The van der Waals surface area contributed by atoms with Gasteiger partial charge in [0.15, 0.2) is 11.2 Å². The molecule has 3 rings (SSSR count). The molecular formula is C17H18BrN5O3. The second kappa shape index (κ2) is 7.28. The second-order valence-electron chi connectivity index (χ2n) is 5.98. The number of anilines is 1. The molecule has 2 aromatic heterocycles. The number of carbonyl (C=O) groups is 1. The number of imidazole rings is 1. The maximum atomic E-state index is 12.4. The Labute approximate surface area is 157 Å². The first-order valence-corrected chi connectivity index (χ1v) is 8.84. The lowest BCUT2D eigenvalue weighted by Crippen LogP contribution is -2.37. The first kappa shape index (κ1) is 18.1. The van der Waals surface area contributed by atoms with Crippen LogP contribution in [-0.4, -0.2) is 24.6 Å². The summed E-state index contributed by atoms with van der Waals surface area (Å²) in [6, 6.07) is 7.37. The lowest BCUT2D eigenvalue weighted by molar-refractivity contribution is -0.116. The summed E-state index contributed by atoms with van der Waals surface area (Å²) in [7, 11) is 3.01. The number of hydrogen-bond acceptors (Lipinski definition) is 4. The Hall–Kier alpha value is -2.68. The van der Waals surface area contributed by atoms with Crippen LogP contribution in [0.15, 0.2) is 44.7 Å². The number of amides is 1. The summed E-state index contributed by atoms with van der Waals surface area (Å²) in [5.74, 6) is -0.104. The standard InChI is InChI=1S/C17H18BrN5O3/c1-21-15-14(16(25)22(2)17(21)26)23(10-19-15)8-4-7-13(24)20-12-6-3-5-11(18)9-12/h3,5-6,9-10H,4,7-8H2,1-2H3,(H,20,24). The van der Waals surface area contributed by atoms with Crippen molar-refractivity contribution in [3.63, 3.8) is 0 Å². The third-order valence-electron chi connectivity index (χ3n) is 4.13. The van der Waals surface area contributed by atoms with Gasteiger partial charge < -0.3 is 9.88 Å². The molecular weight excluding hydrogens is 402 g/mol. The van der Waals surface area contributed by atoms with Crippen molar-refractivity contribution in [1.29, 1.82) is 0 Å². The number of carbonyl (C=O) groups excluding carboxylic acids is 1. The summed E-state index contributed by atoms with van der Waals surface area (Å²) in [5.41, 5.74) is 0.625. The van der Waals surface area contributed by atoms with Gasteiger partial charge in [-0.1, -0.05) is 22.0 Å². The van der Waals surface area contributed by atoms with Crippen LogP contribution in [0.1, 0.15) is 12.8 Å². The molecule has 1 N–H and O–H groups in total. The van der Waals surface area contributed by atoms with E-state index in [4.69, 9.17) is 0 Å². The normalized spacial score (nSPS) is 11.0. The van der Waals surface area contributed by atoms with E-state index in [1.165, 1.54) is 17.9 Å². The third-order valence-corrected chi connectivity index (χ3v) is 4.62. The monoisotopic (exact) mass is 419 g/mol. The van der Waals surface area contributed by atoms with Crippen LogP contribution >= 0.6 is 15.9 Å². The third kappa shape index (κ3) is 3.48. The number of aryl methyl sites for hydroxylation is 2. The number of hydrogen-bond donors (Lipinski definition) is 1. The number of nitrogens with zero attached hydrogens (tertiary/aromatic N) is 4. The molecule has 0 radical (unpaired) electrons. The Balaban J connectivity index is 1.70. The number of rotatable bonds is 5. The van der Waals surface area contributed by atoms with Crippen LogP contribution in [0.4, 0.5) is 5.69 Å². The number of halogens is 1. The quantitative estimate of drug-likeness (QED) is 0.679. The molecule has 0 bridgehead atoms. The fourth-order valence-electron chi connectivity index (χ4n) is 2.77. The van der Waals surface area contributed by atoms with Crippen molar-refractivity contribution in [2.45, 2.75) is 19.4 Å². The summed E-state index contributed by atoms with van der Waals surface area (Å²) in [5, 5.41) is 2.83. The van der Waals surface area contributed by atoms with Crippen LogP contribution in [-0.2, 0) is 25.4 Å². The molecule has 0 aliphatic rings. The molecule has 0 aliphatic heterocycles. The Morgan fingerprint density at radius 2 is 2.00 bits per heavy atom. The van der Waals surface area contributed by atoms with E-state index < -0.39 is 5.69 Å². The van der Waals surface area contributed by atoms with Gasteiger partial charge >= 0.3 is 5.69 Å². The molecule has 0 saturated heterocycles. The zero-order valence-corrected chi connectivity index (χ0v) is 16.0. The second-order valence-corrected chi connectivity index (χ2v) is 6.89. The van der Waals surface area contributed by atoms with E-state index >= 15 is 0 Å². The predicted octanol–water partition coefficient (Wildman–Crippen LogP) is 1.62. The van der Waals surface area contributed by atoms with Crippen LogP contribution < -0.4 is 16.6 Å². The Morgan fingerprint density at radius 3 is 2.73 bits per heavy atom. The van der Waals surface area contributed by atoms with Crippen molar-refractivity contribution in [1.82, 2.24) is 18.7 Å². The molecule has 9 heteroatoms. The lowest BCUT2D eigenvalue weighted by atomic mass is 10.2. The fourth-order valence-corrected chi connectivity index (χ4v) is 3.17. The Kier molecular flexibility index (Phi) is 5.08. The van der Waals surface area contributed by atoms with Crippen molar-refractivity contribution in [3.05, 3.63) is 55.9 Å². The largest absolute Gasteiger partial charge is 0.332 e. The zero-order valence-electron chi connectivity index (χ0n) is 14.4. The van der Waals surface area contributed by atoms with Gasteiger partial charge in [0, 0.05) is 37.2 Å². The van der Waals surface area contributed by atoms with Gasteiger partial charge in [0.05, 0.1) is 6.33 Å². The van der Waals surface area contributed by atoms with Crippen LogP contribution in [0.2, 0.25) is 0 Å². The van der Waals surface area contributed by atoms with Gasteiger partial charge in [0.25, 0.3) is 5.56 Å². The average molecular weight is 420 g/mol. The predicted molar refractivity (Wildman–Crippen MR) is 102 cm³/mol. The summed E-state index contributed by atoms with van der Waals surface area (Å²) >= 11 is 3.36. The van der Waals surface area contributed by atoms with E-state index in [1.807, 2.05) is 24.3 Å². The topological polar surface area (TPSA) is 90.9 Å². The van der Waals surface area contributed by atoms with Crippen molar-refractivity contribution >= 4 is 38.7 Å². The molecule has 8 nitrogen and oxygen atoms in total. The molecule has 3 aromatic rings. The summed E-state index contributed by atoms with van der Waals surface area (Å²) in [6.07, 6.45) is 2.37. The molecule has 0 saturated carbocycles. The van der Waals surface area contributed by atoms with E-state index in [0.717, 1.165) is 14.7 Å². The summed E-state index contributed by atoms with van der Waals surface area (Å²) in [6.45, 7) is 0.454. The molecule has 0 unspecified atom stereocenters. The molecule has 2 heterocycles. The fraction of sp³-hybridized carbons (Fsp3) is 0.294. The highest BCUT2D eigenvalue weighted by Gasteiger charge is 2.14. The molecule has 26 heavy (non-hydrogen) atoms.